The van der Waals surface area contributed by atoms with Crippen molar-refractivity contribution in [3.05, 3.63) is 45.2 Å². The molecule has 0 aliphatic heterocycles. The van der Waals surface area contributed by atoms with E-state index in [9.17, 15) is 39.6 Å². The molecular formula is C37H50O8. The molecule has 1 fully saturated rings. The van der Waals surface area contributed by atoms with Gasteiger partial charge in [0.25, 0.3) is 0 Å². The number of allylic oxidation sites excluding steroid dienone is 1. The lowest BCUT2D eigenvalue weighted by Gasteiger charge is -2.65. The Labute approximate surface area is 266 Å². The summed E-state index contributed by atoms with van der Waals surface area (Å²) >= 11 is 0. The van der Waals surface area contributed by atoms with Gasteiger partial charge in [0.05, 0.1) is 5.56 Å². The second kappa shape index (κ2) is 10.9. The number of phenolic OH excluding ortho intramolecular Hbond substituents is 1. The van der Waals surface area contributed by atoms with Gasteiger partial charge >= 0.3 is 0 Å². The number of aryl methyl sites for hydroxylation is 1. The molecule has 0 radical (unpaired) electrons. The van der Waals surface area contributed by atoms with Crippen molar-refractivity contribution in [2.75, 3.05) is 0 Å². The summed E-state index contributed by atoms with van der Waals surface area (Å²) in [5.74, 6) is -7.52. The lowest BCUT2D eigenvalue weighted by molar-refractivity contribution is -0.199. The predicted octanol–water partition coefficient (Wildman–Crippen LogP) is 6.60. The number of phenols is 1. The largest absolute Gasteiger partial charge is 0.508 e. The fourth-order valence-electron chi connectivity index (χ4n) is 9.21. The van der Waals surface area contributed by atoms with Gasteiger partial charge in [-0.15, -0.1) is 0 Å². The molecule has 6 atom stereocenters. The van der Waals surface area contributed by atoms with E-state index in [0.29, 0.717) is 17.5 Å². The van der Waals surface area contributed by atoms with Crippen LogP contribution in [0.4, 0.5) is 0 Å². The third-order valence-electron chi connectivity index (χ3n) is 11.5. The minimum atomic E-state index is -2.81. The van der Waals surface area contributed by atoms with Crippen LogP contribution in [0.25, 0.3) is 5.76 Å². The molecule has 1 unspecified atom stereocenters. The monoisotopic (exact) mass is 622 g/mol. The van der Waals surface area contributed by atoms with E-state index in [-0.39, 0.29) is 35.5 Å². The van der Waals surface area contributed by atoms with Gasteiger partial charge in [-0.3, -0.25) is 19.2 Å². The fourth-order valence-corrected chi connectivity index (χ4v) is 9.21. The van der Waals surface area contributed by atoms with Crippen LogP contribution < -0.4 is 0 Å². The van der Waals surface area contributed by atoms with Gasteiger partial charge < -0.3 is 20.4 Å². The maximum absolute atomic E-state index is 15.0. The summed E-state index contributed by atoms with van der Waals surface area (Å²) in [6, 6.07) is 1.96. The van der Waals surface area contributed by atoms with Crippen molar-refractivity contribution in [1.29, 1.82) is 0 Å². The van der Waals surface area contributed by atoms with Crippen LogP contribution in [0, 0.1) is 28.6 Å². The molecule has 4 rings (SSSR count). The van der Waals surface area contributed by atoms with Gasteiger partial charge in [0, 0.05) is 40.7 Å². The molecule has 8 heteroatoms. The Morgan fingerprint density at radius 2 is 1.62 bits per heavy atom. The molecule has 45 heavy (non-hydrogen) atoms. The molecule has 1 saturated carbocycles. The average Bonchev–Trinajstić information content (AvgIpc) is 2.92. The van der Waals surface area contributed by atoms with Crippen LogP contribution in [0.15, 0.2) is 23.0 Å². The Kier molecular flexibility index (Phi) is 8.40. The Hall–Kier alpha value is -3.26. The second-order valence-electron chi connectivity index (χ2n) is 15.3. The minimum absolute atomic E-state index is 0.106. The number of hydrogen-bond donors (Lipinski definition) is 4. The summed E-state index contributed by atoms with van der Waals surface area (Å²) in [5.41, 5.74) is -5.00. The molecule has 1 aromatic rings. The van der Waals surface area contributed by atoms with Crippen LogP contribution in [0.2, 0.25) is 0 Å². The Morgan fingerprint density at radius 1 is 1.04 bits per heavy atom. The molecule has 3 aliphatic rings. The number of Topliss-reactive ketones (excluding diaryl/α,β-unsaturated/α-hetero) is 4. The zero-order chi connectivity index (χ0) is 34.4. The van der Waals surface area contributed by atoms with Crippen molar-refractivity contribution in [1.82, 2.24) is 0 Å². The molecule has 4 N–H and O–H groups in total. The van der Waals surface area contributed by atoms with Crippen LogP contribution in [-0.4, -0.2) is 49.2 Å². The van der Waals surface area contributed by atoms with Gasteiger partial charge in [0.15, 0.2) is 17.2 Å². The number of aliphatic hydroxyl groups is 3. The molecule has 0 bridgehead atoms. The van der Waals surface area contributed by atoms with E-state index in [1.807, 2.05) is 40.7 Å². The van der Waals surface area contributed by atoms with Crippen LogP contribution in [0.3, 0.4) is 0 Å². The Balaban J connectivity index is 2.28. The van der Waals surface area contributed by atoms with Crippen LogP contribution in [0.5, 0.6) is 5.75 Å². The average molecular weight is 623 g/mol. The standard InChI is InChI=1S/C37H50O8/c1-12-14-20-15-22(34(7,8)9)29(40)26-24(20)18(5)35(10)23(16-21(39)13-2)36(11)27(17(3)4)30(41)25(19(6)38)32(43)37(36,45)33(44)28(35)31(26)42/h15,17-18,23,27,40,42-43,45H,12-14,16H2,1-11H3/t18-,23-,27?,35-,36-,37+/m1/s1. The molecule has 0 amide bonds. The van der Waals surface area contributed by atoms with Gasteiger partial charge in [0.2, 0.25) is 5.78 Å². The van der Waals surface area contributed by atoms with Gasteiger partial charge in [0.1, 0.15) is 28.6 Å². The van der Waals surface area contributed by atoms with Crippen molar-refractivity contribution in [2.45, 2.75) is 119 Å². The second-order valence-corrected chi connectivity index (χ2v) is 15.3. The van der Waals surface area contributed by atoms with Crippen molar-refractivity contribution < 1.29 is 39.6 Å². The first-order valence-corrected chi connectivity index (χ1v) is 16.2. The fraction of sp³-hybridized carbons (Fsp3) is 0.622. The smallest absolute Gasteiger partial charge is 0.203 e. The lowest BCUT2D eigenvalue weighted by Crippen LogP contribution is -2.73. The highest BCUT2D eigenvalue weighted by molar-refractivity contribution is 6.24. The van der Waals surface area contributed by atoms with Crippen LogP contribution in [0.1, 0.15) is 124 Å². The summed E-state index contributed by atoms with van der Waals surface area (Å²) in [5, 5.41) is 48.4. The van der Waals surface area contributed by atoms with Gasteiger partial charge in [-0.05, 0) is 47.6 Å². The minimum Gasteiger partial charge on any atom is -0.508 e. The maximum Gasteiger partial charge on any atom is 0.203 e. The molecule has 3 aliphatic carbocycles. The molecule has 1 aromatic carbocycles. The first-order chi connectivity index (χ1) is 20.6. The van der Waals surface area contributed by atoms with Crippen LogP contribution >= 0.6 is 0 Å². The van der Waals surface area contributed by atoms with Gasteiger partial charge in [-0.25, -0.2) is 0 Å². The van der Waals surface area contributed by atoms with E-state index in [4.69, 9.17) is 0 Å². The summed E-state index contributed by atoms with van der Waals surface area (Å²) in [6.45, 7) is 19.4. The molecule has 0 heterocycles. The topological polar surface area (TPSA) is 149 Å². The number of aliphatic hydroxyl groups excluding tert-OH is 2. The first kappa shape index (κ1) is 34.6. The zero-order valence-corrected chi connectivity index (χ0v) is 28.6. The number of ketones is 4. The van der Waals surface area contributed by atoms with Crippen molar-refractivity contribution in [3.8, 4) is 5.75 Å². The Morgan fingerprint density at radius 3 is 2.09 bits per heavy atom. The summed E-state index contributed by atoms with van der Waals surface area (Å²) in [4.78, 5) is 55.3. The molecule has 0 saturated heterocycles. The first-order valence-electron chi connectivity index (χ1n) is 16.2. The van der Waals surface area contributed by atoms with E-state index >= 15 is 0 Å². The number of fused-ring (bicyclic) bond motifs is 3. The van der Waals surface area contributed by atoms with Crippen LogP contribution in [-0.2, 0) is 31.0 Å². The number of carbonyl (C=O) groups is 4. The van der Waals surface area contributed by atoms with Gasteiger partial charge in [-0.2, -0.15) is 0 Å². The quantitative estimate of drug-likeness (QED) is 0.249. The van der Waals surface area contributed by atoms with E-state index < -0.39 is 80.0 Å². The van der Waals surface area contributed by atoms with E-state index in [1.54, 1.807) is 34.6 Å². The highest BCUT2D eigenvalue weighted by Crippen LogP contribution is 2.71. The van der Waals surface area contributed by atoms with E-state index in [0.717, 1.165) is 18.9 Å². The number of hydrogen-bond acceptors (Lipinski definition) is 8. The molecule has 0 aromatic heterocycles. The number of benzene rings is 1. The Bertz CT molecular complexity index is 1570. The SMILES string of the molecule is CCCc1cc(C(C)(C)C)c(O)c2c1[C@@H](C)[C@@]1(C)C(=C2O)C(=O)[C@@]2(O)C(O)=C(C(C)=O)C(=O)C(C(C)C)[C@@]2(C)[C@@H]1CC(=O)CC. The lowest BCUT2D eigenvalue weighted by atomic mass is 9.37. The normalized spacial score (nSPS) is 31.6. The molecule has 246 valence electrons. The van der Waals surface area contributed by atoms with Crippen molar-refractivity contribution in [3.63, 3.8) is 0 Å². The third kappa shape index (κ3) is 4.34. The number of carbonyl (C=O) groups excluding carboxylic acids is 4. The predicted molar refractivity (Wildman–Crippen MR) is 172 cm³/mol. The highest BCUT2D eigenvalue weighted by atomic mass is 16.3. The van der Waals surface area contributed by atoms with Crippen molar-refractivity contribution >= 4 is 28.9 Å². The van der Waals surface area contributed by atoms with E-state index in [1.165, 1.54) is 0 Å². The maximum atomic E-state index is 15.0. The zero-order valence-electron chi connectivity index (χ0n) is 28.6. The summed E-state index contributed by atoms with van der Waals surface area (Å²) < 4.78 is 0. The molecule has 0 spiro atoms. The molecule has 8 nitrogen and oxygen atoms in total. The highest BCUT2D eigenvalue weighted by Gasteiger charge is 2.77. The third-order valence-corrected chi connectivity index (χ3v) is 11.5. The number of rotatable bonds is 7. The molecular weight excluding hydrogens is 572 g/mol. The summed E-state index contributed by atoms with van der Waals surface area (Å²) in [6.07, 6.45) is 1.40. The van der Waals surface area contributed by atoms with Crippen molar-refractivity contribution in [2.24, 2.45) is 28.6 Å². The summed E-state index contributed by atoms with van der Waals surface area (Å²) in [7, 11) is 0. The number of aromatic hydroxyl groups is 1. The van der Waals surface area contributed by atoms with Gasteiger partial charge in [-0.1, -0.05) is 81.7 Å². The van der Waals surface area contributed by atoms with E-state index in [2.05, 4.69) is 0 Å².